The van der Waals surface area contributed by atoms with Gasteiger partial charge in [-0.2, -0.15) is 0 Å². The van der Waals surface area contributed by atoms with Crippen molar-refractivity contribution in [2.45, 2.75) is 45.8 Å². The molecule has 0 aromatic rings. The van der Waals surface area contributed by atoms with Crippen molar-refractivity contribution in [1.82, 2.24) is 0 Å². The summed E-state index contributed by atoms with van der Waals surface area (Å²) in [5.74, 6) is 0.360. The van der Waals surface area contributed by atoms with Crippen LogP contribution in [0.25, 0.3) is 5.73 Å². The van der Waals surface area contributed by atoms with E-state index in [4.69, 9.17) is 15.2 Å². The molecule has 0 aliphatic heterocycles. The molecule has 0 aromatic carbocycles. The molecule has 0 spiro atoms. The van der Waals surface area contributed by atoms with Crippen molar-refractivity contribution in [3.05, 3.63) is 20.6 Å². The second kappa shape index (κ2) is 24.0. The van der Waals surface area contributed by atoms with Crippen LogP contribution in [0, 0.1) is 14.9 Å². The normalized spacial score (nSPS) is 9.05. The van der Waals surface area contributed by atoms with E-state index >= 15 is 0 Å². The van der Waals surface area contributed by atoms with Gasteiger partial charge in [-0.05, 0) is 0 Å². The molecule has 0 fully saturated rings. The zero-order valence-corrected chi connectivity index (χ0v) is 19.8. The largest absolute Gasteiger partial charge is 1.00 e. The van der Waals surface area contributed by atoms with Crippen LogP contribution in [0.4, 0.5) is 0 Å². The summed E-state index contributed by atoms with van der Waals surface area (Å²) in [7, 11) is 3.23. The molecule has 126 valence electrons. The van der Waals surface area contributed by atoms with Crippen LogP contribution in [0.1, 0.15) is 41.0 Å². The predicted octanol–water partition coefficient (Wildman–Crippen LogP) is 2.06. The maximum absolute atomic E-state index is 10.8. The third-order valence-electron chi connectivity index (χ3n) is 1.62. The Bertz CT molecular complexity index is 209. The van der Waals surface area contributed by atoms with Gasteiger partial charge in [-0.15, -0.1) is 6.54 Å². The average molecular weight is 366 g/mol. The number of esters is 1. The molecule has 0 heterocycles. The molecule has 0 rings (SSSR count). The maximum Gasteiger partial charge on any atom is 1.00 e. The molecule has 0 saturated carbocycles. The van der Waals surface area contributed by atoms with Crippen LogP contribution in [0.3, 0.4) is 0 Å². The van der Waals surface area contributed by atoms with Gasteiger partial charge in [0, 0.05) is 11.2 Å². The van der Waals surface area contributed by atoms with E-state index in [2.05, 4.69) is 0 Å². The van der Waals surface area contributed by atoms with Crippen molar-refractivity contribution in [2.24, 2.45) is 0 Å². The van der Waals surface area contributed by atoms with Gasteiger partial charge in [-0.25, -0.2) is 0 Å². The molecule has 0 aliphatic carbocycles. The Hall–Kier alpha value is 1.73. The first-order valence-corrected chi connectivity index (χ1v) is 8.52. The first-order chi connectivity index (χ1) is 8.52. The van der Waals surface area contributed by atoms with Crippen molar-refractivity contribution in [2.75, 3.05) is 25.7 Å². The van der Waals surface area contributed by atoms with Crippen LogP contribution in [0.5, 0.6) is 0 Å². The molecule has 4 nitrogen and oxygen atoms in total. The fraction of sp³-hybridized carbons (Fsp3) is 0.786. The van der Waals surface area contributed by atoms with Crippen molar-refractivity contribution in [1.29, 1.82) is 0 Å². The number of carbonyl (C=O) groups is 1. The third-order valence-corrected chi connectivity index (χ3v) is 4.59. The zero-order chi connectivity index (χ0) is 14.4. The van der Waals surface area contributed by atoms with Gasteiger partial charge in [0.25, 0.3) is 0 Å². The zero-order valence-electron chi connectivity index (χ0n) is 15.1. The molecule has 0 saturated heterocycles. The van der Waals surface area contributed by atoms with E-state index in [1.54, 1.807) is 28.5 Å². The molecule has 1 N–H and O–H groups in total. The standard InChI is InChI=1S/C10H20NO3S2.C2H6.2CH3.K/c1-4-9(12)14-6-5-13-8-15-16-10(2,3)7-11;1-2;;;/h11H,4-8H2,1-3H3;1-2H3;2*1H3;/q-1;;2*-1;+1. The summed E-state index contributed by atoms with van der Waals surface area (Å²) < 4.78 is 10.1. The third kappa shape index (κ3) is 26.9. The van der Waals surface area contributed by atoms with Crippen molar-refractivity contribution in [3.63, 3.8) is 0 Å². The minimum absolute atomic E-state index is 0. The topological polar surface area (TPSA) is 59.3 Å². The van der Waals surface area contributed by atoms with E-state index in [9.17, 15) is 4.79 Å². The van der Waals surface area contributed by atoms with Gasteiger partial charge in [0.1, 0.15) is 12.5 Å². The Kier molecular flexibility index (Phi) is 39.0. The van der Waals surface area contributed by atoms with Gasteiger partial charge >= 0.3 is 57.4 Å². The molecular formula is C14H32KNO3S2-2. The Morgan fingerprint density at radius 2 is 1.71 bits per heavy atom. The van der Waals surface area contributed by atoms with Crippen molar-refractivity contribution < 1.29 is 65.7 Å². The fourth-order valence-electron chi connectivity index (χ4n) is 0.622. The van der Waals surface area contributed by atoms with Gasteiger partial charge in [-0.3, -0.25) is 4.79 Å². The monoisotopic (exact) mass is 365 g/mol. The molecule has 0 atom stereocenters. The van der Waals surface area contributed by atoms with E-state index in [1.165, 1.54) is 0 Å². The van der Waals surface area contributed by atoms with Crippen LogP contribution in [0.15, 0.2) is 0 Å². The summed E-state index contributed by atoms with van der Waals surface area (Å²) in [6.07, 6.45) is 0.405. The second-order valence-corrected chi connectivity index (χ2v) is 6.69. The fourth-order valence-corrected chi connectivity index (χ4v) is 2.72. The number of carbonyl (C=O) groups excluding carboxylic acids is 1. The average Bonchev–Trinajstić information content (AvgIpc) is 2.39. The Balaban J connectivity index is -0.000000163. The number of rotatable bonds is 9. The molecule has 0 radical (unpaired) electrons. The smallest absolute Gasteiger partial charge is 0.676 e. The van der Waals surface area contributed by atoms with Gasteiger partial charge in [0.05, 0.1) is 6.61 Å². The first kappa shape index (κ1) is 34.1. The van der Waals surface area contributed by atoms with Crippen LogP contribution < -0.4 is 51.4 Å². The minimum Gasteiger partial charge on any atom is -0.676 e. The molecule has 0 amide bonds. The SMILES string of the molecule is CC.CCC(=O)OCCOCSSC(C)(C)C[NH-].[CH3-].[CH3-].[K+]. The first-order valence-electron chi connectivity index (χ1n) is 6.20. The number of hydrogen-bond acceptors (Lipinski definition) is 5. The van der Waals surface area contributed by atoms with E-state index in [1.807, 2.05) is 27.7 Å². The molecule has 0 aliphatic rings. The Labute approximate surface area is 183 Å². The molecule has 7 heteroatoms. The van der Waals surface area contributed by atoms with E-state index in [-0.39, 0.29) is 77.0 Å². The minimum atomic E-state index is -0.194. The molecule has 0 aromatic heterocycles. The number of hydrogen-bond donors (Lipinski definition) is 0. The van der Waals surface area contributed by atoms with Crippen LogP contribution >= 0.6 is 21.6 Å². The summed E-state index contributed by atoms with van der Waals surface area (Å²) in [6.45, 7) is 11.0. The number of ether oxygens (including phenoxy) is 2. The van der Waals surface area contributed by atoms with Gasteiger partial charge < -0.3 is 30.1 Å². The molecule has 0 unspecified atom stereocenters. The summed E-state index contributed by atoms with van der Waals surface area (Å²) in [4.78, 5) is 10.8. The van der Waals surface area contributed by atoms with Crippen LogP contribution in [-0.4, -0.2) is 36.4 Å². The van der Waals surface area contributed by atoms with E-state index < -0.39 is 0 Å². The summed E-state index contributed by atoms with van der Waals surface area (Å²) in [5.41, 5.74) is 7.29. The van der Waals surface area contributed by atoms with Crippen molar-refractivity contribution >= 4 is 27.6 Å². The van der Waals surface area contributed by atoms with Crippen LogP contribution in [0.2, 0.25) is 0 Å². The van der Waals surface area contributed by atoms with E-state index in [0.29, 0.717) is 32.1 Å². The molecule has 21 heavy (non-hydrogen) atoms. The quantitative estimate of drug-likeness (QED) is 0.156. The van der Waals surface area contributed by atoms with Gasteiger partial charge in [0.15, 0.2) is 0 Å². The van der Waals surface area contributed by atoms with Crippen molar-refractivity contribution in [3.8, 4) is 0 Å². The maximum atomic E-state index is 10.8. The van der Waals surface area contributed by atoms with E-state index in [0.717, 1.165) is 0 Å². The summed E-state index contributed by atoms with van der Waals surface area (Å²) in [6, 6.07) is 0. The van der Waals surface area contributed by atoms with Gasteiger partial charge in [-0.1, -0.05) is 56.2 Å². The predicted molar refractivity (Wildman–Crippen MR) is 94.7 cm³/mol. The Morgan fingerprint density at radius 3 is 2.14 bits per heavy atom. The second-order valence-electron chi connectivity index (χ2n) is 3.74. The van der Waals surface area contributed by atoms with Crippen LogP contribution in [-0.2, 0) is 14.3 Å². The summed E-state index contributed by atoms with van der Waals surface area (Å²) in [5, 5.41) is 0. The molecule has 0 bridgehead atoms. The number of nitrogens with one attached hydrogen (secondary N) is 1. The summed E-state index contributed by atoms with van der Waals surface area (Å²) >= 11 is 0. The van der Waals surface area contributed by atoms with Gasteiger partial charge in [0.2, 0.25) is 0 Å². The molecular weight excluding hydrogens is 333 g/mol. The Morgan fingerprint density at radius 1 is 1.19 bits per heavy atom.